The number of nitrogens with zero attached hydrogens (tertiary/aromatic N) is 4. The molecule has 0 N–H and O–H groups in total. The third-order valence-electron chi connectivity index (χ3n) is 1.59. The van der Waals surface area contributed by atoms with Crippen molar-refractivity contribution in [1.29, 1.82) is 0 Å². The fourth-order valence-corrected chi connectivity index (χ4v) is 1.20. The van der Waals surface area contributed by atoms with E-state index < -0.39 is 0 Å². The Morgan fingerprint density at radius 1 is 1.25 bits per heavy atom. The van der Waals surface area contributed by atoms with Crippen molar-refractivity contribution in [1.82, 2.24) is 4.64 Å². The molecule has 4 nitrogen and oxygen atoms in total. The van der Waals surface area contributed by atoms with Gasteiger partial charge in [-0.05, 0) is 17.4 Å². The SMILES string of the molecule is ClN1N=NCN1c1ccccc1. The molecular weight excluding hydrogens is 176 g/mol. The van der Waals surface area contributed by atoms with E-state index in [1.165, 1.54) is 4.64 Å². The molecular formula is C7H7ClN4. The van der Waals surface area contributed by atoms with Crippen LogP contribution in [0, 0.1) is 0 Å². The predicted molar refractivity (Wildman–Crippen MR) is 46.3 cm³/mol. The van der Waals surface area contributed by atoms with Crippen LogP contribution in [0.25, 0.3) is 0 Å². The first-order valence-corrected chi connectivity index (χ1v) is 3.87. The molecule has 1 heterocycles. The Hall–Kier alpha value is -1.29. The number of halogens is 1. The van der Waals surface area contributed by atoms with Gasteiger partial charge >= 0.3 is 0 Å². The number of para-hydroxylation sites is 1. The summed E-state index contributed by atoms with van der Waals surface area (Å²) in [6, 6.07) is 9.74. The van der Waals surface area contributed by atoms with Gasteiger partial charge in [-0.15, -0.1) is 5.11 Å². The zero-order chi connectivity index (χ0) is 8.39. The summed E-state index contributed by atoms with van der Waals surface area (Å²) in [5.41, 5.74) is 0.984. The molecule has 1 aromatic rings. The van der Waals surface area contributed by atoms with Crippen molar-refractivity contribution in [3.8, 4) is 0 Å². The number of benzene rings is 1. The summed E-state index contributed by atoms with van der Waals surface area (Å²) in [5, 5.41) is 9.16. The Morgan fingerprint density at radius 3 is 2.58 bits per heavy atom. The summed E-state index contributed by atoms with van der Waals surface area (Å²) in [6.07, 6.45) is 0. The van der Waals surface area contributed by atoms with E-state index in [0.717, 1.165) is 5.69 Å². The van der Waals surface area contributed by atoms with Crippen LogP contribution in [0.2, 0.25) is 0 Å². The van der Waals surface area contributed by atoms with Crippen LogP contribution in [0.4, 0.5) is 5.69 Å². The maximum Gasteiger partial charge on any atom is 0.156 e. The summed E-state index contributed by atoms with van der Waals surface area (Å²) < 4.78 is 1.20. The Bertz CT molecular complexity index is 287. The molecule has 0 aliphatic carbocycles. The standard InChI is InChI=1S/C7H7ClN4/c8-12-10-9-6-11(12)7-4-2-1-3-5-7/h1-5H,6H2. The van der Waals surface area contributed by atoms with Crippen molar-refractivity contribution in [3.63, 3.8) is 0 Å². The van der Waals surface area contributed by atoms with Crippen molar-refractivity contribution in [2.24, 2.45) is 10.3 Å². The molecule has 0 radical (unpaired) electrons. The average Bonchev–Trinajstić information content (AvgIpc) is 2.53. The Labute approximate surface area is 75.1 Å². The zero-order valence-electron chi connectivity index (χ0n) is 6.26. The van der Waals surface area contributed by atoms with Crippen LogP contribution in [0.1, 0.15) is 0 Å². The lowest BCUT2D eigenvalue weighted by atomic mass is 10.3. The number of hydrogen-bond donors (Lipinski definition) is 0. The van der Waals surface area contributed by atoms with Crippen LogP contribution in [0.3, 0.4) is 0 Å². The van der Waals surface area contributed by atoms with E-state index in [0.29, 0.717) is 6.67 Å². The van der Waals surface area contributed by atoms with E-state index in [2.05, 4.69) is 10.3 Å². The molecule has 1 aromatic carbocycles. The first kappa shape index (κ1) is 7.36. The molecule has 1 aliphatic rings. The lowest BCUT2D eigenvalue weighted by Gasteiger charge is -2.19. The molecule has 0 spiro atoms. The van der Waals surface area contributed by atoms with Crippen LogP contribution >= 0.6 is 11.8 Å². The molecule has 0 saturated carbocycles. The fraction of sp³-hybridized carbons (Fsp3) is 0.143. The first-order chi connectivity index (χ1) is 5.88. The van der Waals surface area contributed by atoms with Gasteiger partial charge in [-0.3, -0.25) is 0 Å². The maximum atomic E-state index is 5.71. The second-order valence-electron chi connectivity index (χ2n) is 2.35. The maximum absolute atomic E-state index is 5.71. The largest absolute Gasteiger partial charge is 0.229 e. The van der Waals surface area contributed by atoms with Crippen LogP contribution in [-0.4, -0.2) is 11.3 Å². The summed E-state index contributed by atoms with van der Waals surface area (Å²) in [6.45, 7) is 0.480. The Balaban J connectivity index is 2.22. The van der Waals surface area contributed by atoms with E-state index >= 15 is 0 Å². The highest BCUT2D eigenvalue weighted by Crippen LogP contribution is 2.21. The van der Waals surface area contributed by atoms with Gasteiger partial charge in [0, 0.05) is 0 Å². The van der Waals surface area contributed by atoms with Crippen LogP contribution in [0.15, 0.2) is 40.7 Å². The normalized spacial score (nSPS) is 15.8. The van der Waals surface area contributed by atoms with Gasteiger partial charge in [0.15, 0.2) is 6.67 Å². The van der Waals surface area contributed by atoms with E-state index in [-0.39, 0.29) is 0 Å². The molecule has 62 valence electrons. The third kappa shape index (κ3) is 1.21. The molecule has 5 heteroatoms. The van der Waals surface area contributed by atoms with Crippen molar-refractivity contribution in [2.45, 2.75) is 0 Å². The highest BCUT2D eigenvalue weighted by Gasteiger charge is 2.16. The number of hydrazine groups is 1. The second kappa shape index (κ2) is 2.98. The summed E-state index contributed by atoms with van der Waals surface area (Å²) in [5.74, 6) is 0. The number of rotatable bonds is 1. The molecule has 0 amide bonds. The van der Waals surface area contributed by atoms with E-state index in [4.69, 9.17) is 11.8 Å². The minimum Gasteiger partial charge on any atom is -0.229 e. The van der Waals surface area contributed by atoms with Crippen LogP contribution < -0.4 is 5.01 Å². The number of hydrogen-bond acceptors (Lipinski definition) is 4. The van der Waals surface area contributed by atoms with Crippen LogP contribution in [-0.2, 0) is 0 Å². The Kier molecular flexibility index (Phi) is 1.83. The molecule has 0 saturated heterocycles. The topological polar surface area (TPSA) is 31.2 Å². The molecule has 0 bridgehead atoms. The van der Waals surface area contributed by atoms with Gasteiger partial charge < -0.3 is 0 Å². The smallest absolute Gasteiger partial charge is 0.156 e. The van der Waals surface area contributed by atoms with Crippen molar-refractivity contribution in [2.75, 3.05) is 11.7 Å². The predicted octanol–water partition coefficient (Wildman–Crippen LogP) is 2.20. The lowest BCUT2D eigenvalue weighted by Crippen LogP contribution is -2.27. The molecule has 0 atom stereocenters. The fourth-order valence-electron chi connectivity index (χ4n) is 1.02. The molecule has 0 fully saturated rings. The van der Waals surface area contributed by atoms with Crippen molar-refractivity contribution >= 4 is 17.5 Å². The summed E-state index contributed by atoms with van der Waals surface area (Å²) in [7, 11) is 0. The lowest BCUT2D eigenvalue weighted by molar-refractivity contribution is 0.491. The Morgan fingerprint density at radius 2 is 2.00 bits per heavy atom. The molecule has 2 rings (SSSR count). The highest BCUT2D eigenvalue weighted by molar-refractivity contribution is 6.13. The minimum atomic E-state index is 0.480. The second-order valence-corrected chi connectivity index (χ2v) is 2.65. The van der Waals surface area contributed by atoms with Gasteiger partial charge in [0.1, 0.15) is 0 Å². The highest BCUT2D eigenvalue weighted by atomic mass is 35.5. The van der Waals surface area contributed by atoms with Gasteiger partial charge in [-0.2, -0.15) is 0 Å². The summed E-state index contributed by atoms with van der Waals surface area (Å²) in [4.78, 5) is 0. The van der Waals surface area contributed by atoms with Gasteiger partial charge in [-0.1, -0.05) is 22.8 Å². The quantitative estimate of drug-likeness (QED) is 0.624. The van der Waals surface area contributed by atoms with E-state index in [9.17, 15) is 0 Å². The van der Waals surface area contributed by atoms with Crippen molar-refractivity contribution in [3.05, 3.63) is 30.3 Å². The van der Waals surface area contributed by atoms with Gasteiger partial charge in [0.05, 0.1) is 17.5 Å². The first-order valence-electron chi connectivity index (χ1n) is 3.54. The van der Waals surface area contributed by atoms with E-state index in [1.807, 2.05) is 30.3 Å². The monoisotopic (exact) mass is 182 g/mol. The summed E-state index contributed by atoms with van der Waals surface area (Å²) >= 11 is 5.71. The van der Waals surface area contributed by atoms with Crippen molar-refractivity contribution < 1.29 is 0 Å². The van der Waals surface area contributed by atoms with Crippen LogP contribution in [0.5, 0.6) is 0 Å². The molecule has 0 aromatic heterocycles. The zero-order valence-corrected chi connectivity index (χ0v) is 7.02. The minimum absolute atomic E-state index is 0.480. The molecule has 0 unspecified atom stereocenters. The van der Waals surface area contributed by atoms with Gasteiger partial charge in [-0.25, -0.2) is 5.01 Å². The molecule has 1 aliphatic heterocycles. The van der Waals surface area contributed by atoms with Gasteiger partial charge in [0.25, 0.3) is 0 Å². The molecule has 12 heavy (non-hydrogen) atoms. The number of anilines is 1. The van der Waals surface area contributed by atoms with Gasteiger partial charge in [0.2, 0.25) is 0 Å². The third-order valence-corrected chi connectivity index (χ3v) is 1.84. The average molecular weight is 183 g/mol. The van der Waals surface area contributed by atoms with E-state index in [1.54, 1.807) is 5.01 Å².